The highest BCUT2D eigenvalue weighted by atomic mass is 35.5. The molecule has 0 spiro atoms. The SMILES string of the molecule is COc1ccc(Sc2ccccc2CNc2cccc(Cl)c2O)cc1. The number of halogens is 1. The van der Waals surface area contributed by atoms with E-state index >= 15 is 0 Å². The van der Waals surface area contributed by atoms with Crippen molar-refractivity contribution in [2.75, 3.05) is 12.4 Å². The van der Waals surface area contributed by atoms with Gasteiger partial charge in [-0.3, -0.25) is 0 Å². The van der Waals surface area contributed by atoms with Crippen LogP contribution < -0.4 is 10.1 Å². The van der Waals surface area contributed by atoms with E-state index < -0.39 is 0 Å². The van der Waals surface area contributed by atoms with E-state index in [9.17, 15) is 5.11 Å². The van der Waals surface area contributed by atoms with Crippen LogP contribution in [0.1, 0.15) is 5.56 Å². The molecule has 0 unspecified atom stereocenters. The summed E-state index contributed by atoms with van der Waals surface area (Å²) < 4.78 is 5.20. The van der Waals surface area contributed by atoms with E-state index in [2.05, 4.69) is 17.4 Å². The van der Waals surface area contributed by atoms with Crippen LogP contribution in [0, 0.1) is 0 Å². The Balaban J connectivity index is 1.75. The van der Waals surface area contributed by atoms with Gasteiger partial charge in [-0.15, -0.1) is 0 Å². The lowest BCUT2D eigenvalue weighted by Gasteiger charge is -2.13. The third kappa shape index (κ3) is 4.41. The maximum atomic E-state index is 10.0. The maximum absolute atomic E-state index is 10.0. The fraction of sp³-hybridized carbons (Fsp3) is 0.100. The molecule has 0 aromatic heterocycles. The number of ether oxygens (including phenoxy) is 1. The number of benzene rings is 3. The number of para-hydroxylation sites is 1. The van der Waals surface area contributed by atoms with Gasteiger partial charge in [-0.1, -0.05) is 47.6 Å². The van der Waals surface area contributed by atoms with Gasteiger partial charge in [0, 0.05) is 16.3 Å². The van der Waals surface area contributed by atoms with E-state index in [1.807, 2.05) is 42.5 Å². The van der Waals surface area contributed by atoms with Gasteiger partial charge in [-0.2, -0.15) is 0 Å². The van der Waals surface area contributed by atoms with Crippen LogP contribution >= 0.6 is 23.4 Å². The summed E-state index contributed by atoms with van der Waals surface area (Å²) in [5.74, 6) is 0.917. The highest BCUT2D eigenvalue weighted by Gasteiger charge is 2.08. The molecule has 3 nitrogen and oxygen atoms in total. The smallest absolute Gasteiger partial charge is 0.157 e. The third-order valence-electron chi connectivity index (χ3n) is 3.72. The summed E-state index contributed by atoms with van der Waals surface area (Å²) in [5.41, 5.74) is 1.76. The standard InChI is InChI=1S/C20H18ClNO2S/c1-24-15-9-11-16(12-10-15)25-19-8-3-2-5-14(19)13-22-18-7-4-6-17(21)20(18)23/h2-12,22-23H,13H2,1H3. The van der Waals surface area contributed by atoms with Crippen molar-refractivity contribution >= 4 is 29.1 Å². The second-order valence-corrected chi connectivity index (χ2v) is 6.90. The zero-order valence-corrected chi connectivity index (χ0v) is 15.3. The highest BCUT2D eigenvalue weighted by Crippen LogP contribution is 2.34. The van der Waals surface area contributed by atoms with E-state index in [1.165, 1.54) is 0 Å². The van der Waals surface area contributed by atoms with Crippen molar-refractivity contribution in [2.45, 2.75) is 16.3 Å². The van der Waals surface area contributed by atoms with Crippen LogP contribution in [0.15, 0.2) is 76.5 Å². The maximum Gasteiger partial charge on any atom is 0.157 e. The van der Waals surface area contributed by atoms with Crippen LogP contribution in [-0.2, 0) is 6.54 Å². The van der Waals surface area contributed by atoms with Crippen molar-refractivity contribution in [3.63, 3.8) is 0 Å². The molecule has 5 heteroatoms. The minimum atomic E-state index is 0.0736. The Bertz CT molecular complexity index is 853. The van der Waals surface area contributed by atoms with E-state index in [0.717, 1.165) is 21.1 Å². The molecular weight excluding hydrogens is 354 g/mol. The van der Waals surface area contributed by atoms with Gasteiger partial charge in [0.25, 0.3) is 0 Å². The molecule has 0 amide bonds. The summed E-state index contributed by atoms with van der Waals surface area (Å²) in [4.78, 5) is 2.29. The number of anilines is 1. The van der Waals surface area contributed by atoms with Crippen molar-refractivity contribution < 1.29 is 9.84 Å². The number of aromatic hydroxyl groups is 1. The molecule has 0 saturated carbocycles. The fourth-order valence-electron chi connectivity index (χ4n) is 2.37. The Morgan fingerprint density at radius 2 is 1.76 bits per heavy atom. The first-order valence-electron chi connectivity index (χ1n) is 7.78. The van der Waals surface area contributed by atoms with Crippen LogP contribution in [-0.4, -0.2) is 12.2 Å². The molecule has 2 N–H and O–H groups in total. The fourth-order valence-corrected chi connectivity index (χ4v) is 3.49. The first-order chi connectivity index (χ1) is 12.2. The van der Waals surface area contributed by atoms with Crippen molar-refractivity contribution in [3.8, 4) is 11.5 Å². The lowest BCUT2D eigenvalue weighted by atomic mass is 10.2. The van der Waals surface area contributed by atoms with Crippen LogP contribution in [0.4, 0.5) is 5.69 Å². The number of methoxy groups -OCH3 is 1. The third-order valence-corrected chi connectivity index (χ3v) is 5.15. The van der Waals surface area contributed by atoms with Gasteiger partial charge in [0.05, 0.1) is 17.8 Å². The summed E-state index contributed by atoms with van der Waals surface area (Å²) in [6.45, 7) is 0.591. The van der Waals surface area contributed by atoms with Crippen molar-refractivity contribution in [1.82, 2.24) is 0 Å². The Hall–Kier alpha value is -2.30. The number of hydrogen-bond acceptors (Lipinski definition) is 4. The molecule has 25 heavy (non-hydrogen) atoms. The number of nitrogens with one attached hydrogen (secondary N) is 1. The summed E-state index contributed by atoms with van der Waals surface area (Å²) in [6, 6.07) is 21.4. The first kappa shape index (κ1) is 17.5. The number of phenols is 1. The molecule has 3 aromatic carbocycles. The Morgan fingerprint density at radius 1 is 1.00 bits per heavy atom. The van der Waals surface area contributed by atoms with Crippen molar-refractivity contribution in [3.05, 3.63) is 77.3 Å². The average molecular weight is 372 g/mol. The van der Waals surface area contributed by atoms with Crippen LogP contribution in [0.2, 0.25) is 5.02 Å². The Kier molecular flexibility index (Phi) is 5.74. The predicted octanol–water partition coefficient (Wildman–Crippen LogP) is 5.82. The van der Waals surface area contributed by atoms with Crippen LogP contribution in [0.5, 0.6) is 11.5 Å². The van der Waals surface area contributed by atoms with Crippen LogP contribution in [0.3, 0.4) is 0 Å². The molecule has 0 aliphatic heterocycles. The van der Waals surface area contributed by atoms with Gasteiger partial charge in [-0.05, 0) is 48.0 Å². The summed E-state index contributed by atoms with van der Waals surface area (Å²) in [5, 5.41) is 13.6. The average Bonchev–Trinajstić information content (AvgIpc) is 2.65. The van der Waals surface area contributed by atoms with E-state index in [4.69, 9.17) is 16.3 Å². The zero-order chi connectivity index (χ0) is 17.6. The second kappa shape index (κ2) is 8.19. The zero-order valence-electron chi connectivity index (χ0n) is 13.7. The van der Waals surface area contributed by atoms with E-state index in [1.54, 1.807) is 31.0 Å². The van der Waals surface area contributed by atoms with Gasteiger partial charge in [0.1, 0.15) is 5.75 Å². The van der Waals surface area contributed by atoms with Gasteiger partial charge in [0.2, 0.25) is 0 Å². The molecule has 0 aliphatic carbocycles. The van der Waals surface area contributed by atoms with Gasteiger partial charge >= 0.3 is 0 Å². The molecule has 128 valence electrons. The van der Waals surface area contributed by atoms with E-state index in [-0.39, 0.29) is 5.75 Å². The monoisotopic (exact) mass is 371 g/mol. The highest BCUT2D eigenvalue weighted by molar-refractivity contribution is 7.99. The minimum absolute atomic E-state index is 0.0736. The van der Waals surface area contributed by atoms with Crippen molar-refractivity contribution in [2.24, 2.45) is 0 Å². The number of phenolic OH excluding ortho intramolecular Hbond substituents is 1. The molecule has 0 atom stereocenters. The van der Waals surface area contributed by atoms with Gasteiger partial charge in [0.15, 0.2) is 5.75 Å². The lowest BCUT2D eigenvalue weighted by molar-refractivity contribution is 0.414. The normalized spacial score (nSPS) is 10.5. The number of hydrogen-bond donors (Lipinski definition) is 2. The minimum Gasteiger partial charge on any atom is -0.504 e. The van der Waals surface area contributed by atoms with Gasteiger partial charge in [-0.25, -0.2) is 0 Å². The molecule has 0 fully saturated rings. The second-order valence-electron chi connectivity index (χ2n) is 5.37. The molecule has 0 bridgehead atoms. The molecule has 0 aliphatic rings. The van der Waals surface area contributed by atoms with Crippen LogP contribution in [0.25, 0.3) is 0 Å². The number of rotatable bonds is 6. The molecule has 0 radical (unpaired) electrons. The quantitative estimate of drug-likeness (QED) is 0.536. The largest absolute Gasteiger partial charge is 0.504 e. The first-order valence-corrected chi connectivity index (χ1v) is 8.98. The van der Waals surface area contributed by atoms with Crippen molar-refractivity contribution in [1.29, 1.82) is 0 Å². The molecule has 3 aromatic rings. The topological polar surface area (TPSA) is 41.5 Å². The van der Waals surface area contributed by atoms with E-state index in [0.29, 0.717) is 17.3 Å². The molecule has 0 heterocycles. The Labute approximate surface area is 156 Å². The Morgan fingerprint density at radius 3 is 2.52 bits per heavy atom. The summed E-state index contributed by atoms with van der Waals surface area (Å²) in [6.07, 6.45) is 0. The predicted molar refractivity (Wildman–Crippen MR) is 104 cm³/mol. The summed E-state index contributed by atoms with van der Waals surface area (Å²) in [7, 11) is 1.66. The molecule has 3 rings (SSSR count). The lowest BCUT2D eigenvalue weighted by Crippen LogP contribution is -2.01. The summed E-state index contributed by atoms with van der Waals surface area (Å²) >= 11 is 7.65. The molecular formula is C20H18ClNO2S. The molecule has 0 saturated heterocycles. The van der Waals surface area contributed by atoms with Gasteiger partial charge < -0.3 is 15.2 Å².